The van der Waals surface area contributed by atoms with Crippen LogP contribution in [-0.4, -0.2) is 55.0 Å². The third-order valence-corrected chi connectivity index (χ3v) is 9.12. The zero-order chi connectivity index (χ0) is 27.3. The summed E-state index contributed by atoms with van der Waals surface area (Å²) in [6, 6.07) is 17.3. The minimum absolute atomic E-state index is 0.0680. The molecule has 0 unspecified atom stereocenters. The predicted molar refractivity (Wildman–Crippen MR) is 153 cm³/mol. The number of sulfonamides is 1. The fourth-order valence-corrected chi connectivity index (χ4v) is 5.75. The first kappa shape index (κ1) is 27.7. The second-order valence-electron chi connectivity index (χ2n) is 9.47. The highest BCUT2D eigenvalue weighted by Crippen LogP contribution is 2.26. The first-order chi connectivity index (χ1) is 18.1. The number of benzene rings is 2. The average molecular weight is 557 g/mol. The number of halogens is 1. The molecule has 1 fully saturated rings. The van der Waals surface area contributed by atoms with Gasteiger partial charge in [0.1, 0.15) is 5.82 Å². The molecular weight excluding hydrogens is 524 g/mol. The van der Waals surface area contributed by atoms with Gasteiger partial charge in [0.05, 0.1) is 11.7 Å². The molecule has 1 aliphatic rings. The van der Waals surface area contributed by atoms with Crippen molar-refractivity contribution in [3.63, 3.8) is 0 Å². The second kappa shape index (κ2) is 12.0. The lowest BCUT2D eigenvalue weighted by Gasteiger charge is -2.36. The molecule has 0 aliphatic carbocycles. The number of nitrogens with zero attached hydrogens (tertiary/aromatic N) is 3. The van der Waals surface area contributed by atoms with Gasteiger partial charge in [-0.2, -0.15) is 4.31 Å². The standard InChI is InChI=1S/C27H33ClN6O3S/c1-19(2)38(36,37)34-13-11-33(12-14-34)23-9-7-22(8-10-23)32-27-16-25(21(18-31-27)15-26(29)35)30-17-20-5-3-4-6-24(20)28/h3-10,16,18-19H,11-15,17H2,1-2H3,(H2,29,35)(H2,30,31,32). The monoisotopic (exact) mass is 556 g/mol. The minimum Gasteiger partial charge on any atom is -0.381 e. The lowest BCUT2D eigenvalue weighted by atomic mass is 10.1. The number of anilines is 4. The van der Waals surface area contributed by atoms with Crippen LogP contribution in [0.4, 0.5) is 22.9 Å². The Labute approximate surface area is 229 Å². The van der Waals surface area contributed by atoms with Gasteiger partial charge in [0.15, 0.2) is 0 Å². The molecule has 0 saturated carbocycles. The lowest BCUT2D eigenvalue weighted by molar-refractivity contribution is -0.117. The number of aromatic nitrogens is 1. The topological polar surface area (TPSA) is 121 Å². The van der Waals surface area contributed by atoms with Gasteiger partial charge >= 0.3 is 0 Å². The summed E-state index contributed by atoms with van der Waals surface area (Å²) in [6.45, 7) is 6.15. The lowest BCUT2D eigenvalue weighted by Crippen LogP contribution is -2.50. The molecule has 0 radical (unpaired) electrons. The van der Waals surface area contributed by atoms with Gasteiger partial charge in [-0.25, -0.2) is 13.4 Å². The Morgan fingerprint density at radius 3 is 2.37 bits per heavy atom. The Morgan fingerprint density at radius 1 is 1.05 bits per heavy atom. The largest absolute Gasteiger partial charge is 0.381 e. The maximum atomic E-state index is 12.4. The smallest absolute Gasteiger partial charge is 0.221 e. The van der Waals surface area contributed by atoms with Crippen LogP contribution in [0, 0.1) is 0 Å². The number of piperazine rings is 1. The molecular formula is C27H33ClN6O3S. The quantitative estimate of drug-likeness (QED) is 0.345. The first-order valence-electron chi connectivity index (χ1n) is 12.5. The molecule has 1 saturated heterocycles. The molecule has 4 N–H and O–H groups in total. The van der Waals surface area contributed by atoms with Crippen LogP contribution in [0.5, 0.6) is 0 Å². The van der Waals surface area contributed by atoms with E-state index < -0.39 is 21.2 Å². The van der Waals surface area contributed by atoms with Crippen LogP contribution in [0.1, 0.15) is 25.0 Å². The van der Waals surface area contributed by atoms with Crippen molar-refractivity contribution in [3.05, 3.63) is 76.9 Å². The van der Waals surface area contributed by atoms with Gasteiger partial charge in [0, 0.05) is 72.6 Å². The van der Waals surface area contributed by atoms with Crippen molar-refractivity contribution in [2.75, 3.05) is 41.7 Å². The summed E-state index contributed by atoms with van der Waals surface area (Å²) in [4.78, 5) is 18.2. The second-order valence-corrected chi connectivity index (χ2v) is 12.4. The number of nitrogens with one attached hydrogen (secondary N) is 2. The van der Waals surface area contributed by atoms with Crippen LogP contribution in [0.3, 0.4) is 0 Å². The van der Waals surface area contributed by atoms with E-state index in [-0.39, 0.29) is 6.42 Å². The average Bonchev–Trinajstić information content (AvgIpc) is 2.89. The molecule has 38 heavy (non-hydrogen) atoms. The number of carbonyl (C=O) groups is 1. The molecule has 0 atom stereocenters. The molecule has 202 valence electrons. The maximum absolute atomic E-state index is 12.4. The number of carbonyl (C=O) groups excluding carboxylic acids is 1. The van der Waals surface area contributed by atoms with Crippen molar-refractivity contribution in [2.24, 2.45) is 5.73 Å². The van der Waals surface area contributed by atoms with Crippen LogP contribution in [0.15, 0.2) is 60.8 Å². The molecule has 1 aromatic heterocycles. The Hall–Kier alpha value is -3.34. The van der Waals surface area contributed by atoms with Gasteiger partial charge < -0.3 is 21.3 Å². The zero-order valence-electron chi connectivity index (χ0n) is 21.5. The van der Waals surface area contributed by atoms with Gasteiger partial charge in [0.2, 0.25) is 15.9 Å². The molecule has 3 aromatic rings. The van der Waals surface area contributed by atoms with E-state index in [1.54, 1.807) is 24.3 Å². The van der Waals surface area contributed by atoms with Gasteiger partial charge in [-0.3, -0.25) is 4.79 Å². The molecule has 11 heteroatoms. The molecule has 2 heterocycles. The highest BCUT2D eigenvalue weighted by atomic mass is 35.5. The summed E-state index contributed by atoms with van der Waals surface area (Å²) in [6.07, 6.45) is 1.71. The summed E-state index contributed by atoms with van der Waals surface area (Å²) in [5.41, 5.74) is 9.69. The zero-order valence-corrected chi connectivity index (χ0v) is 23.1. The molecule has 1 aliphatic heterocycles. The van der Waals surface area contributed by atoms with Crippen molar-refractivity contribution in [2.45, 2.75) is 32.1 Å². The summed E-state index contributed by atoms with van der Waals surface area (Å²) in [5.74, 6) is 0.173. The van der Waals surface area contributed by atoms with Gasteiger partial charge in [0.25, 0.3) is 0 Å². The van der Waals surface area contributed by atoms with E-state index in [9.17, 15) is 13.2 Å². The van der Waals surface area contributed by atoms with Crippen molar-refractivity contribution >= 4 is 50.4 Å². The molecule has 1 amide bonds. The number of nitrogens with two attached hydrogens (primary N) is 1. The van der Waals surface area contributed by atoms with E-state index in [0.29, 0.717) is 49.1 Å². The third kappa shape index (κ3) is 6.75. The van der Waals surface area contributed by atoms with Crippen LogP contribution in [0.25, 0.3) is 0 Å². The molecule has 0 spiro atoms. The maximum Gasteiger partial charge on any atom is 0.221 e. The van der Waals surface area contributed by atoms with E-state index in [2.05, 4.69) is 20.5 Å². The SMILES string of the molecule is CC(C)S(=O)(=O)N1CCN(c2ccc(Nc3cc(NCc4ccccc4Cl)c(CC(N)=O)cn3)cc2)CC1. The number of primary amides is 1. The van der Waals surface area contributed by atoms with Gasteiger partial charge in [-0.15, -0.1) is 0 Å². The number of pyridine rings is 1. The third-order valence-electron chi connectivity index (χ3n) is 6.48. The van der Waals surface area contributed by atoms with E-state index in [0.717, 1.165) is 22.6 Å². The van der Waals surface area contributed by atoms with Crippen molar-refractivity contribution < 1.29 is 13.2 Å². The van der Waals surface area contributed by atoms with Crippen LogP contribution >= 0.6 is 11.6 Å². The van der Waals surface area contributed by atoms with Gasteiger partial charge in [-0.1, -0.05) is 29.8 Å². The Kier molecular flexibility index (Phi) is 8.76. The minimum atomic E-state index is -3.23. The van der Waals surface area contributed by atoms with Crippen LogP contribution in [0.2, 0.25) is 5.02 Å². The summed E-state index contributed by atoms with van der Waals surface area (Å²) in [7, 11) is -3.23. The van der Waals surface area contributed by atoms with Crippen molar-refractivity contribution in [3.8, 4) is 0 Å². The van der Waals surface area contributed by atoms with E-state index in [4.69, 9.17) is 17.3 Å². The van der Waals surface area contributed by atoms with E-state index in [1.165, 1.54) is 0 Å². The highest BCUT2D eigenvalue weighted by molar-refractivity contribution is 7.89. The highest BCUT2D eigenvalue weighted by Gasteiger charge is 2.29. The molecule has 4 rings (SSSR count). The number of hydrogen-bond donors (Lipinski definition) is 3. The molecule has 9 nitrogen and oxygen atoms in total. The predicted octanol–water partition coefficient (Wildman–Crippen LogP) is 3.98. The summed E-state index contributed by atoms with van der Waals surface area (Å²) >= 11 is 6.29. The van der Waals surface area contributed by atoms with Gasteiger partial charge in [-0.05, 0) is 49.7 Å². The summed E-state index contributed by atoms with van der Waals surface area (Å²) in [5, 5.41) is 6.90. The van der Waals surface area contributed by atoms with Crippen LogP contribution < -0.4 is 21.3 Å². The van der Waals surface area contributed by atoms with Crippen LogP contribution in [-0.2, 0) is 27.8 Å². The number of rotatable bonds is 10. The fraction of sp³-hybridized carbons (Fsp3) is 0.333. The molecule has 0 bridgehead atoms. The Bertz CT molecular complexity index is 1370. The number of hydrogen-bond acceptors (Lipinski definition) is 7. The summed E-state index contributed by atoms with van der Waals surface area (Å²) < 4.78 is 26.4. The van der Waals surface area contributed by atoms with E-state index in [1.807, 2.05) is 54.6 Å². The fourth-order valence-electron chi connectivity index (χ4n) is 4.28. The van der Waals surface area contributed by atoms with Crippen molar-refractivity contribution in [1.29, 1.82) is 0 Å². The number of amides is 1. The normalized spacial score (nSPS) is 14.5. The Morgan fingerprint density at radius 2 is 1.74 bits per heavy atom. The van der Waals surface area contributed by atoms with E-state index >= 15 is 0 Å². The molecule has 2 aromatic carbocycles. The first-order valence-corrected chi connectivity index (χ1v) is 14.4. The Balaban J connectivity index is 1.42. The van der Waals surface area contributed by atoms with Crippen molar-refractivity contribution in [1.82, 2.24) is 9.29 Å².